The zero-order chi connectivity index (χ0) is 15.0. The SMILES string of the molecule is COc1ccc(C)cc1C(C)NC1CC(C)N(C2CC2)C1. The van der Waals surface area contributed by atoms with E-state index in [1.165, 1.54) is 36.9 Å². The van der Waals surface area contributed by atoms with Crippen molar-refractivity contribution in [2.45, 2.75) is 64.2 Å². The highest BCUT2D eigenvalue weighted by molar-refractivity contribution is 5.39. The zero-order valence-corrected chi connectivity index (χ0v) is 13.7. The summed E-state index contributed by atoms with van der Waals surface area (Å²) in [6, 6.07) is 8.96. The molecule has 1 aromatic carbocycles. The van der Waals surface area contributed by atoms with Crippen LogP contribution < -0.4 is 10.1 Å². The molecule has 1 saturated heterocycles. The molecule has 1 aliphatic heterocycles. The fraction of sp³-hybridized carbons (Fsp3) is 0.667. The van der Waals surface area contributed by atoms with Gasteiger partial charge in [-0.3, -0.25) is 4.90 Å². The minimum atomic E-state index is 0.330. The van der Waals surface area contributed by atoms with Crippen LogP contribution in [-0.2, 0) is 0 Å². The summed E-state index contributed by atoms with van der Waals surface area (Å²) in [6.45, 7) is 7.96. The first-order chi connectivity index (χ1) is 10.1. The first-order valence-electron chi connectivity index (χ1n) is 8.24. The van der Waals surface area contributed by atoms with Crippen molar-refractivity contribution in [3.63, 3.8) is 0 Å². The molecule has 3 nitrogen and oxygen atoms in total. The summed E-state index contributed by atoms with van der Waals surface area (Å²) in [7, 11) is 1.76. The lowest BCUT2D eigenvalue weighted by Crippen LogP contribution is -2.35. The first-order valence-corrected chi connectivity index (χ1v) is 8.24. The molecular weight excluding hydrogens is 260 g/mol. The number of rotatable bonds is 5. The Morgan fingerprint density at radius 2 is 2.10 bits per heavy atom. The topological polar surface area (TPSA) is 24.5 Å². The number of nitrogens with zero attached hydrogens (tertiary/aromatic N) is 1. The van der Waals surface area contributed by atoms with Crippen molar-refractivity contribution >= 4 is 0 Å². The van der Waals surface area contributed by atoms with Gasteiger partial charge in [0.15, 0.2) is 0 Å². The van der Waals surface area contributed by atoms with Crippen molar-refractivity contribution in [2.75, 3.05) is 13.7 Å². The number of aryl methyl sites for hydroxylation is 1. The van der Waals surface area contributed by atoms with Gasteiger partial charge in [-0.1, -0.05) is 17.7 Å². The van der Waals surface area contributed by atoms with E-state index in [1.54, 1.807) is 7.11 Å². The van der Waals surface area contributed by atoms with Crippen LogP contribution in [0.4, 0.5) is 0 Å². The molecule has 1 aliphatic carbocycles. The lowest BCUT2D eigenvalue weighted by molar-refractivity contribution is 0.254. The summed E-state index contributed by atoms with van der Waals surface area (Å²) in [5, 5.41) is 3.82. The number of likely N-dealkylation sites (tertiary alicyclic amines) is 1. The van der Waals surface area contributed by atoms with Gasteiger partial charge in [0.1, 0.15) is 5.75 Å². The highest BCUT2D eigenvalue weighted by Gasteiger charge is 2.39. The minimum Gasteiger partial charge on any atom is -0.496 e. The van der Waals surface area contributed by atoms with E-state index >= 15 is 0 Å². The molecule has 3 rings (SSSR count). The largest absolute Gasteiger partial charge is 0.496 e. The molecule has 21 heavy (non-hydrogen) atoms. The van der Waals surface area contributed by atoms with Crippen LogP contribution in [0, 0.1) is 6.92 Å². The summed E-state index contributed by atoms with van der Waals surface area (Å²) >= 11 is 0. The van der Waals surface area contributed by atoms with Crippen molar-refractivity contribution < 1.29 is 4.74 Å². The Balaban J connectivity index is 1.66. The highest BCUT2D eigenvalue weighted by Crippen LogP contribution is 2.34. The standard InChI is InChI=1S/C18H28N2O/c1-12-5-8-18(21-4)17(9-12)14(3)19-15-10-13(2)20(11-15)16-6-7-16/h5,8-9,13-16,19H,6-7,10-11H2,1-4H3. The molecule has 0 bridgehead atoms. The van der Waals surface area contributed by atoms with E-state index in [-0.39, 0.29) is 0 Å². The number of ether oxygens (including phenoxy) is 1. The number of hydrogen-bond donors (Lipinski definition) is 1. The predicted octanol–water partition coefficient (Wildman–Crippen LogP) is 3.28. The molecule has 0 radical (unpaired) electrons. The molecule has 0 aromatic heterocycles. The molecule has 3 atom stereocenters. The van der Waals surface area contributed by atoms with E-state index in [0.29, 0.717) is 12.1 Å². The van der Waals surface area contributed by atoms with E-state index in [9.17, 15) is 0 Å². The van der Waals surface area contributed by atoms with Gasteiger partial charge < -0.3 is 10.1 Å². The highest BCUT2D eigenvalue weighted by atomic mass is 16.5. The Bertz CT molecular complexity index is 498. The summed E-state index contributed by atoms with van der Waals surface area (Å²) in [6.07, 6.45) is 4.06. The van der Waals surface area contributed by atoms with Gasteiger partial charge in [0.25, 0.3) is 0 Å². The average Bonchev–Trinajstić information content (AvgIpc) is 3.23. The smallest absolute Gasteiger partial charge is 0.123 e. The Morgan fingerprint density at radius 1 is 1.33 bits per heavy atom. The third-order valence-corrected chi connectivity index (χ3v) is 4.98. The van der Waals surface area contributed by atoms with Crippen molar-refractivity contribution in [3.8, 4) is 5.75 Å². The molecule has 2 fully saturated rings. The zero-order valence-electron chi connectivity index (χ0n) is 13.7. The van der Waals surface area contributed by atoms with Gasteiger partial charge in [-0.2, -0.15) is 0 Å². The molecule has 116 valence electrons. The van der Waals surface area contributed by atoms with Gasteiger partial charge in [0.2, 0.25) is 0 Å². The molecule has 2 aliphatic rings. The van der Waals surface area contributed by atoms with E-state index in [4.69, 9.17) is 4.74 Å². The van der Waals surface area contributed by atoms with E-state index in [2.05, 4.69) is 49.2 Å². The van der Waals surface area contributed by atoms with Gasteiger partial charge in [-0.25, -0.2) is 0 Å². The normalized spacial score (nSPS) is 27.8. The second-order valence-corrected chi connectivity index (χ2v) is 6.84. The number of methoxy groups -OCH3 is 1. The average molecular weight is 288 g/mol. The van der Waals surface area contributed by atoms with Crippen molar-refractivity contribution in [3.05, 3.63) is 29.3 Å². The maximum atomic E-state index is 5.53. The summed E-state index contributed by atoms with van der Waals surface area (Å²) < 4.78 is 5.53. The second kappa shape index (κ2) is 5.98. The van der Waals surface area contributed by atoms with Crippen LogP contribution in [0.5, 0.6) is 5.75 Å². The quantitative estimate of drug-likeness (QED) is 0.900. The number of hydrogen-bond acceptors (Lipinski definition) is 3. The maximum absolute atomic E-state index is 5.53. The van der Waals surface area contributed by atoms with E-state index in [1.807, 2.05) is 0 Å². The molecule has 0 amide bonds. The molecule has 1 aromatic rings. The molecular formula is C18H28N2O. The Labute approximate surface area is 128 Å². The van der Waals surface area contributed by atoms with Crippen molar-refractivity contribution in [1.82, 2.24) is 10.2 Å². The van der Waals surface area contributed by atoms with E-state index < -0.39 is 0 Å². The van der Waals surface area contributed by atoms with E-state index in [0.717, 1.165) is 17.8 Å². The van der Waals surface area contributed by atoms with Crippen LogP contribution >= 0.6 is 0 Å². The third kappa shape index (κ3) is 3.24. The lowest BCUT2D eigenvalue weighted by Gasteiger charge is -2.23. The summed E-state index contributed by atoms with van der Waals surface area (Å²) in [5.74, 6) is 0.991. The molecule has 1 heterocycles. The first kappa shape index (κ1) is 14.9. The van der Waals surface area contributed by atoms with Crippen LogP contribution in [-0.4, -0.2) is 36.7 Å². The number of nitrogens with one attached hydrogen (secondary N) is 1. The Kier molecular flexibility index (Phi) is 4.23. The monoisotopic (exact) mass is 288 g/mol. The molecule has 1 N–H and O–H groups in total. The second-order valence-electron chi connectivity index (χ2n) is 6.84. The fourth-order valence-corrected chi connectivity index (χ4v) is 3.73. The minimum absolute atomic E-state index is 0.330. The van der Waals surface area contributed by atoms with Crippen LogP contribution in [0.1, 0.15) is 50.3 Å². The molecule has 3 unspecified atom stereocenters. The van der Waals surface area contributed by atoms with Crippen molar-refractivity contribution in [1.29, 1.82) is 0 Å². The summed E-state index contributed by atoms with van der Waals surface area (Å²) in [5.41, 5.74) is 2.56. The molecule has 0 spiro atoms. The maximum Gasteiger partial charge on any atom is 0.123 e. The lowest BCUT2D eigenvalue weighted by atomic mass is 10.0. The van der Waals surface area contributed by atoms with Crippen LogP contribution in [0.25, 0.3) is 0 Å². The number of benzene rings is 1. The third-order valence-electron chi connectivity index (χ3n) is 4.98. The van der Waals surface area contributed by atoms with Crippen molar-refractivity contribution in [2.24, 2.45) is 0 Å². The fourth-order valence-electron chi connectivity index (χ4n) is 3.73. The Morgan fingerprint density at radius 3 is 2.76 bits per heavy atom. The van der Waals surface area contributed by atoms with Gasteiger partial charge in [-0.05, 0) is 46.1 Å². The summed E-state index contributed by atoms with van der Waals surface area (Å²) in [4.78, 5) is 2.69. The van der Waals surface area contributed by atoms with Gasteiger partial charge >= 0.3 is 0 Å². The van der Waals surface area contributed by atoms with Gasteiger partial charge in [0.05, 0.1) is 7.11 Å². The Hall–Kier alpha value is -1.06. The molecule has 1 saturated carbocycles. The van der Waals surface area contributed by atoms with Crippen LogP contribution in [0.15, 0.2) is 18.2 Å². The molecule has 3 heteroatoms. The van der Waals surface area contributed by atoms with Gasteiger partial charge in [0, 0.05) is 36.3 Å². The van der Waals surface area contributed by atoms with Gasteiger partial charge in [-0.15, -0.1) is 0 Å². The van der Waals surface area contributed by atoms with Crippen LogP contribution in [0.2, 0.25) is 0 Å². The van der Waals surface area contributed by atoms with Crippen LogP contribution in [0.3, 0.4) is 0 Å². The predicted molar refractivity (Wildman–Crippen MR) is 86.9 cm³/mol.